The molecule has 0 heterocycles. The Hall–Kier alpha value is -0.830. The standard InChI is InChI=1S/C23H45NO2/c1-4-5-6-7-8-9-10-11-12-13-14-15-16-17-18-19-23(26)24-22(20-25)21(2)3/h11-12,21-22,25H,4-10,13-20H2,1-3H3,(H,24,26)/b12-11-/t22-/m0/s1. The highest BCUT2D eigenvalue weighted by Gasteiger charge is 2.14. The molecule has 1 amide bonds. The second-order valence-corrected chi connectivity index (χ2v) is 7.93. The summed E-state index contributed by atoms with van der Waals surface area (Å²) in [7, 11) is 0. The minimum Gasteiger partial charge on any atom is -0.394 e. The molecule has 0 saturated carbocycles. The van der Waals surface area contributed by atoms with Gasteiger partial charge in [-0.2, -0.15) is 0 Å². The number of hydrogen-bond acceptors (Lipinski definition) is 2. The van der Waals surface area contributed by atoms with Crippen molar-refractivity contribution in [2.75, 3.05) is 6.61 Å². The highest BCUT2D eigenvalue weighted by molar-refractivity contribution is 5.76. The number of carbonyl (C=O) groups excluding carboxylic acids is 1. The zero-order valence-corrected chi connectivity index (χ0v) is 17.8. The lowest BCUT2D eigenvalue weighted by Crippen LogP contribution is -2.41. The fourth-order valence-electron chi connectivity index (χ4n) is 3.06. The van der Waals surface area contributed by atoms with Crippen molar-refractivity contribution in [2.45, 2.75) is 117 Å². The fraction of sp³-hybridized carbons (Fsp3) is 0.870. The predicted octanol–water partition coefficient (Wildman–Crippen LogP) is 6.16. The van der Waals surface area contributed by atoms with Gasteiger partial charge in [0.05, 0.1) is 12.6 Å². The number of rotatable bonds is 18. The Bertz CT molecular complexity index is 339. The average Bonchev–Trinajstić information content (AvgIpc) is 2.62. The maximum Gasteiger partial charge on any atom is 0.220 e. The third-order valence-corrected chi connectivity index (χ3v) is 5.01. The Kier molecular flexibility index (Phi) is 18.3. The van der Waals surface area contributed by atoms with Gasteiger partial charge in [0, 0.05) is 6.42 Å². The molecule has 1 atom stereocenters. The topological polar surface area (TPSA) is 49.3 Å². The highest BCUT2D eigenvalue weighted by Crippen LogP contribution is 2.10. The van der Waals surface area contributed by atoms with Crippen molar-refractivity contribution in [2.24, 2.45) is 5.92 Å². The maximum absolute atomic E-state index is 11.8. The van der Waals surface area contributed by atoms with Crippen LogP contribution in [0.15, 0.2) is 12.2 Å². The van der Waals surface area contributed by atoms with Crippen LogP contribution in [-0.4, -0.2) is 23.7 Å². The van der Waals surface area contributed by atoms with Gasteiger partial charge in [-0.05, 0) is 38.0 Å². The maximum atomic E-state index is 11.8. The Balaban J connectivity index is 3.35. The first-order valence-electron chi connectivity index (χ1n) is 11.2. The van der Waals surface area contributed by atoms with Gasteiger partial charge in [0.2, 0.25) is 5.91 Å². The van der Waals surface area contributed by atoms with E-state index in [0.717, 1.165) is 12.8 Å². The van der Waals surface area contributed by atoms with Gasteiger partial charge in [-0.15, -0.1) is 0 Å². The molecule has 3 heteroatoms. The largest absolute Gasteiger partial charge is 0.394 e. The van der Waals surface area contributed by atoms with Gasteiger partial charge in [0.25, 0.3) is 0 Å². The molecule has 3 nitrogen and oxygen atoms in total. The molecule has 0 aromatic rings. The summed E-state index contributed by atoms with van der Waals surface area (Å²) in [5, 5.41) is 12.1. The lowest BCUT2D eigenvalue weighted by molar-refractivity contribution is -0.122. The Morgan fingerprint density at radius 3 is 1.85 bits per heavy atom. The predicted molar refractivity (Wildman–Crippen MR) is 113 cm³/mol. The fourth-order valence-corrected chi connectivity index (χ4v) is 3.06. The van der Waals surface area contributed by atoms with Gasteiger partial charge in [-0.3, -0.25) is 4.79 Å². The number of aliphatic hydroxyl groups is 1. The summed E-state index contributed by atoms with van der Waals surface area (Å²) in [5.41, 5.74) is 0. The van der Waals surface area contributed by atoms with E-state index in [1.165, 1.54) is 70.6 Å². The van der Waals surface area contributed by atoms with E-state index in [1.807, 2.05) is 13.8 Å². The summed E-state index contributed by atoms with van der Waals surface area (Å²) in [6, 6.07) is -0.106. The lowest BCUT2D eigenvalue weighted by Gasteiger charge is -2.19. The quantitative estimate of drug-likeness (QED) is 0.225. The SMILES string of the molecule is CCCCCCCC/C=C\CCCCCCCC(=O)N[C@@H](CO)C(C)C. The second-order valence-electron chi connectivity index (χ2n) is 7.93. The van der Waals surface area contributed by atoms with E-state index >= 15 is 0 Å². The third kappa shape index (κ3) is 16.6. The van der Waals surface area contributed by atoms with E-state index in [1.54, 1.807) is 0 Å². The smallest absolute Gasteiger partial charge is 0.220 e. The van der Waals surface area contributed by atoms with Crippen molar-refractivity contribution >= 4 is 5.91 Å². The van der Waals surface area contributed by atoms with E-state index in [2.05, 4.69) is 24.4 Å². The molecule has 2 N–H and O–H groups in total. The average molecular weight is 368 g/mol. The Morgan fingerprint density at radius 1 is 0.846 bits per heavy atom. The van der Waals surface area contributed by atoms with Crippen molar-refractivity contribution < 1.29 is 9.90 Å². The molecular weight excluding hydrogens is 322 g/mol. The Labute approximate surface area is 163 Å². The summed E-state index contributed by atoms with van der Waals surface area (Å²) in [4.78, 5) is 11.8. The van der Waals surface area contributed by atoms with Crippen LogP contribution in [0.2, 0.25) is 0 Å². The first-order valence-corrected chi connectivity index (χ1v) is 11.2. The van der Waals surface area contributed by atoms with Crippen LogP contribution >= 0.6 is 0 Å². The van der Waals surface area contributed by atoms with Crippen LogP contribution in [0.25, 0.3) is 0 Å². The molecule has 0 saturated heterocycles. The van der Waals surface area contributed by atoms with Crippen LogP contribution in [0, 0.1) is 5.92 Å². The molecule has 0 aliphatic carbocycles. The van der Waals surface area contributed by atoms with Crippen LogP contribution in [0.5, 0.6) is 0 Å². The molecule has 26 heavy (non-hydrogen) atoms. The van der Waals surface area contributed by atoms with Gasteiger partial charge in [-0.1, -0.05) is 84.3 Å². The molecule has 0 fully saturated rings. The van der Waals surface area contributed by atoms with E-state index in [4.69, 9.17) is 0 Å². The van der Waals surface area contributed by atoms with E-state index in [-0.39, 0.29) is 24.5 Å². The molecule has 0 aromatic carbocycles. The molecule has 0 aliphatic heterocycles. The molecule has 0 radical (unpaired) electrons. The van der Waals surface area contributed by atoms with Gasteiger partial charge in [0.15, 0.2) is 0 Å². The van der Waals surface area contributed by atoms with Crippen molar-refractivity contribution in [3.05, 3.63) is 12.2 Å². The second kappa shape index (κ2) is 18.9. The molecule has 0 spiro atoms. The minimum absolute atomic E-state index is 0.0236. The van der Waals surface area contributed by atoms with Crippen molar-refractivity contribution in [3.8, 4) is 0 Å². The van der Waals surface area contributed by atoms with Crippen molar-refractivity contribution in [1.82, 2.24) is 5.32 Å². The molecule has 0 aromatic heterocycles. The van der Waals surface area contributed by atoms with Gasteiger partial charge < -0.3 is 10.4 Å². The Morgan fingerprint density at radius 2 is 1.35 bits per heavy atom. The number of unbranched alkanes of at least 4 members (excludes halogenated alkanes) is 11. The molecule has 0 rings (SSSR count). The van der Waals surface area contributed by atoms with Crippen LogP contribution < -0.4 is 5.32 Å². The van der Waals surface area contributed by atoms with E-state index < -0.39 is 0 Å². The number of carbonyl (C=O) groups is 1. The zero-order valence-electron chi connectivity index (χ0n) is 17.8. The third-order valence-electron chi connectivity index (χ3n) is 5.01. The highest BCUT2D eigenvalue weighted by atomic mass is 16.3. The van der Waals surface area contributed by atoms with Gasteiger partial charge >= 0.3 is 0 Å². The summed E-state index contributed by atoms with van der Waals surface area (Å²) < 4.78 is 0. The molecule has 0 aliphatic rings. The van der Waals surface area contributed by atoms with Crippen LogP contribution in [0.4, 0.5) is 0 Å². The molecule has 0 bridgehead atoms. The summed E-state index contributed by atoms with van der Waals surface area (Å²) in [6.45, 7) is 6.32. The number of hydrogen-bond donors (Lipinski definition) is 2. The van der Waals surface area contributed by atoms with Crippen LogP contribution in [-0.2, 0) is 4.79 Å². The van der Waals surface area contributed by atoms with Gasteiger partial charge in [-0.25, -0.2) is 0 Å². The number of nitrogens with one attached hydrogen (secondary N) is 1. The van der Waals surface area contributed by atoms with E-state index in [9.17, 15) is 9.90 Å². The monoisotopic (exact) mass is 367 g/mol. The molecule has 154 valence electrons. The first-order chi connectivity index (χ1) is 12.6. The number of aliphatic hydroxyl groups excluding tert-OH is 1. The van der Waals surface area contributed by atoms with Crippen LogP contribution in [0.1, 0.15) is 111 Å². The number of amides is 1. The lowest BCUT2D eigenvalue weighted by atomic mass is 10.0. The van der Waals surface area contributed by atoms with Crippen molar-refractivity contribution in [3.63, 3.8) is 0 Å². The van der Waals surface area contributed by atoms with Gasteiger partial charge in [0.1, 0.15) is 0 Å². The van der Waals surface area contributed by atoms with E-state index in [0.29, 0.717) is 6.42 Å². The summed E-state index contributed by atoms with van der Waals surface area (Å²) in [6.07, 6.45) is 21.8. The van der Waals surface area contributed by atoms with Crippen molar-refractivity contribution in [1.29, 1.82) is 0 Å². The normalized spacial score (nSPS) is 12.8. The zero-order chi connectivity index (χ0) is 19.5. The molecular formula is C23H45NO2. The number of allylic oxidation sites excluding steroid dienone is 2. The van der Waals surface area contributed by atoms with Crippen LogP contribution in [0.3, 0.4) is 0 Å². The summed E-state index contributed by atoms with van der Waals surface area (Å²) in [5.74, 6) is 0.355. The molecule has 0 unspecified atom stereocenters. The summed E-state index contributed by atoms with van der Waals surface area (Å²) >= 11 is 0. The first kappa shape index (κ1) is 25.2. The minimum atomic E-state index is -0.106.